The second-order valence-corrected chi connectivity index (χ2v) is 10.7. The molecule has 0 aromatic carbocycles. The number of carbonyl (C=O) groups excluding carboxylic acids is 2. The summed E-state index contributed by atoms with van der Waals surface area (Å²) in [5, 5.41) is 7.12. The maximum atomic E-state index is 12.8. The fourth-order valence-electron chi connectivity index (χ4n) is 3.71. The molecule has 0 unspecified atom stereocenters. The molecule has 1 amide bonds. The Morgan fingerprint density at radius 2 is 2.07 bits per heavy atom. The summed E-state index contributed by atoms with van der Waals surface area (Å²) in [7, 11) is 0. The van der Waals surface area contributed by atoms with Gasteiger partial charge in [-0.1, -0.05) is 13.8 Å². The fraction of sp³-hybridized carbons (Fsp3) is 0.400. The molecule has 3 aromatic heterocycles. The number of aryl methyl sites for hydroxylation is 1. The molecule has 29 heavy (non-hydrogen) atoms. The van der Waals surface area contributed by atoms with Crippen LogP contribution in [-0.4, -0.2) is 50.8 Å². The van der Waals surface area contributed by atoms with Crippen LogP contribution in [0.2, 0.25) is 0 Å². The van der Waals surface area contributed by atoms with Crippen LogP contribution < -0.4 is 5.32 Å². The van der Waals surface area contributed by atoms with Crippen molar-refractivity contribution in [2.75, 3.05) is 25.0 Å². The predicted molar refractivity (Wildman–Crippen MR) is 117 cm³/mol. The largest absolute Gasteiger partial charge is 0.320 e. The molecule has 4 rings (SSSR count). The van der Waals surface area contributed by atoms with E-state index in [1.165, 1.54) is 11.3 Å². The van der Waals surface area contributed by atoms with Gasteiger partial charge in [0.1, 0.15) is 4.83 Å². The number of pyridine rings is 1. The predicted octanol–water partition coefficient (Wildman–Crippen LogP) is 3.57. The number of carbonyl (C=O) groups is 2. The summed E-state index contributed by atoms with van der Waals surface area (Å²) in [6.07, 6.45) is 5.38. The smallest absolute Gasteiger partial charge is 0.260 e. The van der Waals surface area contributed by atoms with Crippen LogP contribution in [0.5, 0.6) is 0 Å². The minimum absolute atomic E-state index is 0.158. The number of halogens is 1. The van der Waals surface area contributed by atoms with Gasteiger partial charge in [-0.3, -0.25) is 19.5 Å². The molecule has 0 spiro atoms. The van der Waals surface area contributed by atoms with E-state index in [0.29, 0.717) is 35.3 Å². The number of nitrogens with zero attached hydrogens (tertiary/aromatic N) is 4. The van der Waals surface area contributed by atoms with Crippen LogP contribution in [0.25, 0.3) is 4.83 Å². The number of aromatic nitrogens is 3. The molecule has 0 atom stereocenters. The molecule has 9 heteroatoms. The third-order valence-corrected chi connectivity index (χ3v) is 6.50. The number of nitrogens with one attached hydrogen (secondary N) is 1. The molecular formula is C20H22BrN5O2S. The molecule has 1 aliphatic rings. The second-order valence-electron chi connectivity index (χ2n) is 8.30. The number of likely N-dealkylation sites (tertiary alicyclic amines) is 1. The van der Waals surface area contributed by atoms with Crippen molar-refractivity contribution >= 4 is 49.5 Å². The lowest BCUT2D eigenvalue weighted by Gasteiger charge is -2.45. The number of rotatable bonds is 6. The van der Waals surface area contributed by atoms with Crippen molar-refractivity contribution in [3.63, 3.8) is 0 Å². The van der Waals surface area contributed by atoms with Crippen molar-refractivity contribution < 1.29 is 9.59 Å². The summed E-state index contributed by atoms with van der Waals surface area (Å²) in [4.78, 5) is 32.5. The first kappa shape index (κ1) is 20.2. The van der Waals surface area contributed by atoms with E-state index >= 15 is 0 Å². The van der Waals surface area contributed by atoms with Crippen LogP contribution >= 0.6 is 27.3 Å². The van der Waals surface area contributed by atoms with Gasteiger partial charge in [0.2, 0.25) is 0 Å². The Labute approximate surface area is 181 Å². The van der Waals surface area contributed by atoms with Crippen LogP contribution in [0.3, 0.4) is 0 Å². The SMILES string of the molecule is Cc1ncc(CC(=O)CN2CC(C)(C)C2)cc1NC(=O)c1cnn2cc(Br)sc12. The van der Waals surface area contributed by atoms with E-state index < -0.39 is 0 Å². The highest BCUT2D eigenvalue weighted by molar-refractivity contribution is 9.11. The third kappa shape index (κ3) is 4.41. The minimum atomic E-state index is -0.245. The van der Waals surface area contributed by atoms with Crippen LogP contribution in [0.4, 0.5) is 5.69 Å². The average Bonchev–Trinajstić information content (AvgIpc) is 3.15. The molecule has 4 heterocycles. The quantitative estimate of drug-likeness (QED) is 0.589. The van der Waals surface area contributed by atoms with Gasteiger partial charge in [0.15, 0.2) is 5.78 Å². The van der Waals surface area contributed by atoms with E-state index in [1.807, 2.05) is 19.2 Å². The molecule has 0 radical (unpaired) electrons. The summed E-state index contributed by atoms with van der Waals surface area (Å²) in [6.45, 7) is 8.60. The molecule has 152 valence electrons. The molecule has 7 nitrogen and oxygen atoms in total. The molecule has 0 aliphatic carbocycles. The van der Waals surface area contributed by atoms with Gasteiger partial charge in [0.05, 0.1) is 39.7 Å². The lowest BCUT2D eigenvalue weighted by Crippen LogP contribution is -2.54. The van der Waals surface area contributed by atoms with Crippen molar-refractivity contribution in [1.82, 2.24) is 19.5 Å². The highest BCUT2D eigenvalue weighted by atomic mass is 79.9. The van der Waals surface area contributed by atoms with Crippen molar-refractivity contribution in [2.45, 2.75) is 27.2 Å². The number of hydrogen-bond donors (Lipinski definition) is 1. The van der Waals surface area contributed by atoms with E-state index in [4.69, 9.17) is 0 Å². The van der Waals surface area contributed by atoms with Crippen molar-refractivity contribution in [3.05, 3.63) is 45.3 Å². The number of hydrogen-bond acceptors (Lipinski definition) is 6. The standard InChI is InChI=1S/C20H22BrN5O2S/c1-12-16(24-18(28)15-7-23-26-9-17(21)29-19(15)26)5-13(6-22-12)4-14(27)8-25-10-20(2,3)11-25/h5-7,9H,4,8,10-11H2,1-3H3,(H,24,28). The van der Waals surface area contributed by atoms with Gasteiger partial charge in [0.25, 0.3) is 5.91 Å². The van der Waals surface area contributed by atoms with E-state index in [-0.39, 0.29) is 11.7 Å². The zero-order valence-corrected chi connectivity index (χ0v) is 18.9. The number of Topliss-reactive ketones (excluding diaryl/α,β-unsaturated/α-hetero) is 1. The van der Waals surface area contributed by atoms with Crippen LogP contribution in [0.15, 0.2) is 28.4 Å². The Bertz CT molecular complexity index is 1100. The summed E-state index contributed by atoms with van der Waals surface area (Å²) in [6, 6.07) is 1.84. The Morgan fingerprint density at radius 3 is 2.79 bits per heavy atom. The molecule has 1 fully saturated rings. The first-order valence-corrected chi connectivity index (χ1v) is 10.9. The number of fused-ring (bicyclic) bond motifs is 1. The Hall–Kier alpha value is -2.10. The zero-order valence-electron chi connectivity index (χ0n) is 16.5. The summed E-state index contributed by atoms with van der Waals surface area (Å²) < 4.78 is 2.57. The van der Waals surface area contributed by atoms with Crippen LogP contribution in [0.1, 0.15) is 35.5 Å². The molecule has 1 saturated heterocycles. The van der Waals surface area contributed by atoms with Crippen LogP contribution in [0, 0.1) is 12.3 Å². The lowest BCUT2D eigenvalue weighted by molar-refractivity contribution is -0.122. The first-order chi connectivity index (χ1) is 13.7. The summed E-state index contributed by atoms with van der Waals surface area (Å²) >= 11 is 4.86. The molecule has 3 aromatic rings. The van der Waals surface area contributed by atoms with Gasteiger partial charge in [-0.2, -0.15) is 5.10 Å². The first-order valence-electron chi connectivity index (χ1n) is 9.34. The molecule has 1 N–H and O–H groups in total. The van der Waals surface area contributed by atoms with Gasteiger partial charge in [-0.25, -0.2) is 4.52 Å². The highest BCUT2D eigenvalue weighted by Gasteiger charge is 2.34. The van der Waals surface area contributed by atoms with E-state index in [1.54, 1.807) is 16.9 Å². The average molecular weight is 476 g/mol. The van der Waals surface area contributed by atoms with Crippen molar-refractivity contribution in [1.29, 1.82) is 0 Å². The Morgan fingerprint density at radius 1 is 1.31 bits per heavy atom. The number of anilines is 1. The summed E-state index contributed by atoms with van der Waals surface area (Å²) in [5.41, 5.74) is 2.92. The number of ketones is 1. The maximum Gasteiger partial charge on any atom is 0.260 e. The molecule has 1 aliphatic heterocycles. The topological polar surface area (TPSA) is 79.6 Å². The zero-order chi connectivity index (χ0) is 20.8. The van der Waals surface area contributed by atoms with Gasteiger partial charge < -0.3 is 5.32 Å². The van der Waals surface area contributed by atoms with E-state index in [2.05, 4.69) is 50.1 Å². The summed E-state index contributed by atoms with van der Waals surface area (Å²) in [5.74, 6) is -0.0873. The number of amides is 1. The molecule has 0 bridgehead atoms. The van der Waals surface area contributed by atoms with Gasteiger partial charge >= 0.3 is 0 Å². The monoisotopic (exact) mass is 475 g/mol. The molecule has 0 saturated carbocycles. The lowest BCUT2D eigenvalue weighted by atomic mass is 9.84. The van der Waals surface area contributed by atoms with Gasteiger partial charge in [-0.05, 0) is 39.9 Å². The Kier molecular flexibility index (Phi) is 5.30. The van der Waals surface area contributed by atoms with E-state index in [0.717, 1.165) is 27.3 Å². The fourth-order valence-corrected chi connectivity index (χ4v) is 5.15. The van der Waals surface area contributed by atoms with Gasteiger partial charge in [0, 0.05) is 25.7 Å². The number of thiazole rings is 1. The van der Waals surface area contributed by atoms with Crippen LogP contribution in [-0.2, 0) is 11.2 Å². The third-order valence-electron chi connectivity index (χ3n) is 4.91. The Balaban J connectivity index is 1.44. The second kappa shape index (κ2) is 7.62. The van der Waals surface area contributed by atoms with Crippen molar-refractivity contribution in [2.24, 2.45) is 5.41 Å². The highest BCUT2D eigenvalue weighted by Crippen LogP contribution is 2.29. The minimum Gasteiger partial charge on any atom is -0.320 e. The maximum absolute atomic E-state index is 12.8. The van der Waals surface area contributed by atoms with E-state index in [9.17, 15) is 9.59 Å². The van der Waals surface area contributed by atoms with Crippen molar-refractivity contribution in [3.8, 4) is 0 Å². The normalized spacial score (nSPS) is 16.0. The van der Waals surface area contributed by atoms with Gasteiger partial charge in [-0.15, -0.1) is 11.3 Å². The molecular weight excluding hydrogens is 454 g/mol.